The van der Waals surface area contributed by atoms with Crippen molar-refractivity contribution < 1.29 is 19.0 Å². The third-order valence-corrected chi connectivity index (χ3v) is 5.41. The number of halogens is 2. The first-order valence-corrected chi connectivity index (χ1v) is 11.8. The average molecular weight is 512 g/mol. The summed E-state index contributed by atoms with van der Waals surface area (Å²) in [5.41, 5.74) is 3.00. The SMILES string of the molecule is CCOC(=O)/C=C/c1ccc(OCCCOc2ccc(Cl)cc2-n2nc3ccccc3n2)c(Cl)c1. The number of hydrogen-bond donors (Lipinski definition) is 0. The molecule has 9 heteroatoms. The molecule has 0 bridgehead atoms. The minimum Gasteiger partial charge on any atom is -0.492 e. The fourth-order valence-electron chi connectivity index (χ4n) is 3.25. The zero-order chi connectivity index (χ0) is 24.6. The van der Waals surface area contributed by atoms with Crippen LogP contribution in [0, 0.1) is 0 Å². The standard InChI is InChI=1S/C26H23Cl2N3O4/c1-2-33-26(32)13-9-18-8-11-24(20(28)16-18)34-14-5-15-35-25-12-10-19(27)17-23(25)31-29-21-6-3-4-7-22(21)30-31/h3-4,6-13,16-17H,2,5,14-15H2,1H3/b13-9+. The van der Waals surface area contributed by atoms with Crippen LogP contribution < -0.4 is 9.47 Å². The minimum absolute atomic E-state index is 0.330. The van der Waals surface area contributed by atoms with Gasteiger partial charge in [0.1, 0.15) is 28.2 Å². The van der Waals surface area contributed by atoms with E-state index in [1.807, 2.05) is 30.3 Å². The Morgan fingerprint density at radius 1 is 0.943 bits per heavy atom. The predicted molar refractivity (Wildman–Crippen MR) is 137 cm³/mol. The van der Waals surface area contributed by atoms with E-state index in [0.717, 1.165) is 16.6 Å². The molecule has 0 radical (unpaired) electrons. The molecular weight excluding hydrogens is 489 g/mol. The molecule has 7 nitrogen and oxygen atoms in total. The van der Waals surface area contributed by atoms with Gasteiger partial charge in [0, 0.05) is 17.5 Å². The van der Waals surface area contributed by atoms with Crippen LogP contribution in [-0.2, 0) is 9.53 Å². The van der Waals surface area contributed by atoms with E-state index in [1.165, 1.54) is 10.9 Å². The number of rotatable bonds is 10. The zero-order valence-corrected chi connectivity index (χ0v) is 20.5. The lowest BCUT2D eigenvalue weighted by atomic mass is 10.2. The molecule has 1 aromatic heterocycles. The molecule has 0 spiro atoms. The van der Waals surface area contributed by atoms with Crippen molar-refractivity contribution in [1.82, 2.24) is 15.0 Å². The maximum absolute atomic E-state index is 11.4. The zero-order valence-electron chi connectivity index (χ0n) is 19.0. The van der Waals surface area contributed by atoms with Crippen molar-refractivity contribution in [3.8, 4) is 17.2 Å². The molecule has 0 aliphatic heterocycles. The third kappa shape index (κ3) is 6.53. The maximum atomic E-state index is 11.4. The van der Waals surface area contributed by atoms with Gasteiger partial charge < -0.3 is 14.2 Å². The van der Waals surface area contributed by atoms with Crippen LogP contribution in [0.2, 0.25) is 10.0 Å². The largest absolute Gasteiger partial charge is 0.492 e. The molecule has 0 fully saturated rings. The molecule has 180 valence electrons. The van der Waals surface area contributed by atoms with Crippen LogP contribution in [0.25, 0.3) is 22.8 Å². The van der Waals surface area contributed by atoms with Crippen LogP contribution >= 0.6 is 23.2 Å². The van der Waals surface area contributed by atoms with Gasteiger partial charge in [-0.15, -0.1) is 15.0 Å². The Labute approximate surface area is 212 Å². The lowest BCUT2D eigenvalue weighted by Crippen LogP contribution is -2.08. The highest BCUT2D eigenvalue weighted by atomic mass is 35.5. The molecule has 3 aromatic carbocycles. The van der Waals surface area contributed by atoms with E-state index in [0.29, 0.717) is 53.5 Å². The first-order valence-electron chi connectivity index (χ1n) is 11.1. The fourth-order valence-corrected chi connectivity index (χ4v) is 3.66. The number of aromatic nitrogens is 3. The van der Waals surface area contributed by atoms with E-state index in [-0.39, 0.29) is 0 Å². The molecule has 0 saturated carbocycles. The van der Waals surface area contributed by atoms with E-state index in [9.17, 15) is 4.79 Å². The summed E-state index contributed by atoms with van der Waals surface area (Å²) >= 11 is 12.5. The smallest absolute Gasteiger partial charge is 0.330 e. The third-order valence-electron chi connectivity index (χ3n) is 4.88. The lowest BCUT2D eigenvalue weighted by Gasteiger charge is -2.12. The summed E-state index contributed by atoms with van der Waals surface area (Å²) in [5.74, 6) is 0.773. The van der Waals surface area contributed by atoms with Crippen LogP contribution in [0.15, 0.2) is 66.7 Å². The summed E-state index contributed by atoms with van der Waals surface area (Å²) in [6.07, 6.45) is 3.62. The van der Waals surface area contributed by atoms with Gasteiger partial charge in [-0.25, -0.2) is 4.79 Å². The topological polar surface area (TPSA) is 75.5 Å². The van der Waals surface area contributed by atoms with Crippen LogP contribution in [-0.4, -0.2) is 40.8 Å². The molecule has 0 saturated heterocycles. The average Bonchev–Trinajstić information content (AvgIpc) is 3.29. The predicted octanol–water partition coefficient (Wildman–Crippen LogP) is 6.15. The van der Waals surface area contributed by atoms with Gasteiger partial charge in [0.15, 0.2) is 0 Å². The maximum Gasteiger partial charge on any atom is 0.330 e. The second-order valence-electron chi connectivity index (χ2n) is 7.42. The highest BCUT2D eigenvalue weighted by Gasteiger charge is 2.11. The highest BCUT2D eigenvalue weighted by molar-refractivity contribution is 6.32. The molecule has 0 unspecified atom stereocenters. The Morgan fingerprint density at radius 3 is 2.31 bits per heavy atom. The van der Waals surface area contributed by atoms with Crippen molar-refractivity contribution in [2.45, 2.75) is 13.3 Å². The second-order valence-corrected chi connectivity index (χ2v) is 8.26. The van der Waals surface area contributed by atoms with Crippen molar-refractivity contribution in [3.63, 3.8) is 0 Å². The highest BCUT2D eigenvalue weighted by Crippen LogP contribution is 2.28. The molecule has 0 atom stereocenters. The molecule has 4 aromatic rings. The molecule has 0 aliphatic carbocycles. The van der Waals surface area contributed by atoms with Crippen molar-refractivity contribution in [3.05, 3.63) is 82.3 Å². The molecule has 1 heterocycles. The summed E-state index contributed by atoms with van der Waals surface area (Å²) in [4.78, 5) is 13.0. The summed E-state index contributed by atoms with van der Waals surface area (Å²) < 4.78 is 16.6. The van der Waals surface area contributed by atoms with Gasteiger partial charge in [-0.05, 0) is 61.0 Å². The van der Waals surface area contributed by atoms with Crippen molar-refractivity contribution in [1.29, 1.82) is 0 Å². The number of carbonyl (C=O) groups is 1. The Bertz CT molecular complexity index is 1320. The second kappa shape index (κ2) is 11.7. The van der Waals surface area contributed by atoms with Gasteiger partial charge in [0.25, 0.3) is 0 Å². The van der Waals surface area contributed by atoms with E-state index >= 15 is 0 Å². The Morgan fingerprint density at radius 2 is 1.63 bits per heavy atom. The molecular formula is C26H23Cl2N3O4. The van der Waals surface area contributed by atoms with Gasteiger partial charge >= 0.3 is 5.97 Å². The van der Waals surface area contributed by atoms with E-state index in [4.69, 9.17) is 37.4 Å². The summed E-state index contributed by atoms with van der Waals surface area (Å²) in [7, 11) is 0. The lowest BCUT2D eigenvalue weighted by molar-refractivity contribution is -0.137. The number of hydrogen-bond acceptors (Lipinski definition) is 6. The normalized spacial score (nSPS) is 11.2. The summed E-state index contributed by atoms with van der Waals surface area (Å²) in [5, 5.41) is 10.0. The number of ether oxygens (including phenoxy) is 3. The van der Waals surface area contributed by atoms with Crippen molar-refractivity contribution in [2.75, 3.05) is 19.8 Å². The first-order chi connectivity index (χ1) is 17.0. The van der Waals surface area contributed by atoms with Crippen LogP contribution in [0.1, 0.15) is 18.9 Å². The van der Waals surface area contributed by atoms with E-state index < -0.39 is 5.97 Å². The number of fused-ring (bicyclic) bond motifs is 1. The summed E-state index contributed by atoms with van der Waals surface area (Å²) in [6, 6.07) is 18.3. The van der Waals surface area contributed by atoms with E-state index in [1.54, 1.807) is 43.3 Å². The number of nitrogens with zero attached hydrogens (tertiary/aromatic N) is 3. The molecule has 0 amide bonds. The number of benzene rings is 3. The van der Waals surface area contributed by atoms with E-state index in [2.05, 4.69) is 10.2 Å². The molecule has 4 rings (SSSR count). The fraction of sp³-hybridized carbons (Fsp3) is 0.192. The Balaban J connectivity index is 1.32. The van der Waals surface area contributed by atoms with Gasteiger partial charge in [-0.2, -0.15) is 0 Å². The summed E-state index contributed by atoms with van der Waals surface area (Å²) in [6.45, 7) is 2.90. The van der Waals surface area contributed by atoms with Gasteiger partial charge in [0.05, 0.1) is 24.8 Å². The Hall–Kier alpha value is -3.55. The van der Waals surface area contributed by atoms with Gasteiger partial charge in [-0.3, -0.25) is 0 Å². The minimum atomic E-state index is -0.399. The number of carbonyl (C=O) groups excluding carboxylic acids is 1. The molecule has 0 N–H and O–H groups in total. The van der Waals surface area contributed by atoms with Crippen LogP contribution in [0.4, 0.5) is 0 Å². The quantitative estimate of drug-likeness (QED) is 0.144. The molecule has 0 aliphatic rings. The first kappa shape index (κ1) is 24.6. The Kier molecular flexibility index (Phi) is 8.23. The van der Waals surface area contributed by atoms with Crippen LogP contribution in [0.5, 0.6) is 11.5 Å². The van der Waals surface area contributed by atoms with Crippen LogP contribution in [0.3, 0.4) is 0 Å². The van der Waals surface area contributed by atoms with Crippen molar-refractivity contribution in [2.24, 2.45) is 0 Å². The monoisotopic (exact) mass is 511 g/mol. The number of esters is 1. The van der Waals surface area contributed by atoms with Crippen molar-refractivity contribution >= 4 is 46.3 Å². The van der Waals surface area contributed by atoms with Gasteiger partial charge in [0.2, 0.25) is 0 Å². The molecule has 35 heavy (non-hydrogen) atoms. The van der Waals surface area contributed by atoms with Gasteiger partial charge in [-0.1, -0.05) is 41.4 Å².